The molecule has 1 saturated heterocycles. The van der Waals surface area contributed by atoms with Crippen molar-refractivity contribution in [2.75, 3.05) is 13.1 Å². The lowest BCUT2D eigenvalue weighted by Crippen LogP contribution is -2.51. The Bertz CT molecular complexity index is 518. The van der Waals surface area contributed by atoms with Gasteiger partial charge in [-0.15, -0.1) is 0 Å². The molecule has 2 atom stereocenters. The first-order valence-corrected chi connectivity index (χ1v) is 8.35. The molecule has 1 aliphatic heterocycles. The highest BCUT2D eigenvalue weighted by molar-refractivity contribution is 5.76. The van der Waals surface area contributed by atoms with Gasteiger partial charge < -0.3 is 15.3 Å². The summed E-state index contributed by atoms with van der Waals surface area (Å²) in [5.74, 6) is -0.363. The maximum absolute atomic E-state index is 12.1. The first-order chi connectivity index (χ1) is 11.1. The molecule has 0 bridgehead atoms. The van der Waals surface area contributed by atoms with Crippen molar-refractivity contribution in [1.29, 1.82) is 0 Å². The maximum Gasteiger partial charge on any atom is 0.303 e. The lowest BCUT2D eigenvalue weighted by molar-refractivity contribution is -0.137. The normalized spacial score (nSPS) is 21.2. The molecule has 0 saturated carbocycles. The van der Waals surface area contributed by atoms with Gasteiger partial charge in [0, 0.05) is 38.5 Å². The van der Waals surface area contributed by atoms with Crippen LogP contribution in [0.1, 0.15) is 38.2 Å². The predicted molar refractivity (Wildman–Crippen MR) is 88.9 cm³/mol. The van der Waals surface area contributed by atoms with E-state index in [4.69, 9.17) is 5.11 Å². The molecule has 126 valence electrons. The maximum atomic E-state index is 12.1. The summed E-state index contributed by atoms with van der Waals surface area (Å²) in [4.78, 5) is 24.7. The molecular weight excluding hydrogens is 292 g/mol. The average Bonchev–Trinajstić information content (AvgIpc) is 2.58. The fourth-order valence-electron chi connectivity index (χ4n) is 3.17. The quantitative estimate of drug-likeness (QED) is 0.809. The molecule has 1 amide bonds. The Balaban J connectivity index is 1.93. The first kappa shape index (κ1) is 17.5. The topological polar surface area (TPSA) is 69.6 Å². The van der Waals surface area contributed by atoms with Crippen LogP contribution < -0.4 is 5.32 Å². The van der Waals surface area contributed by atoms with E-state index in [1.54, 1.807) is 0 Å². The Kier molecular flexibility index (Phi) is 6.59. The van der Waals surface area contributed by atoms with Crippen molar-refractivity contribution in [2.24, 2.45) is 5.92 Å². The van der Waals surface area contributed by atoms with Crippen LogP contribution in [0.15, 0.2) is 30.3 Å². The summed E-state index contributed by atoms with van der Waals surface area (Å²) < 4.78 is 0. The van der Waals surface area contributed by atoms with Gasteiger partial charge in [0.15, 0.2) is 0 Å². The highest BCUT2D eigenvalue weighted by atomic mass is 16.4. The lowest BCUT2D eigenvalue weighted by Gasteiger charge is -2.38. The first-order valence-electron chi connectivity index (χ1n) is 8.35. The number of likely N-dealkylation sites (tertiary alicyclic amines) is 1. The Morgan fingerprint density at radius 2 is 2.00 bits per heavy atom. The zero-order chi connectivity index (χ0) is 16.7. The van der Waals surface area contributed by atoms with Gasteiger partial charge in [-0.3, -0.25) is 9.59 Å². The zero-order valence-electron chi connectivity index (χ0n) is 13.7. The van der Waals surface area contributed by atoms with E-state index in [9.17, 15) is 9.59 Å². The second-order valence-corrected chi connectivity index (χ2v) is 6.25. The predicted octanol–water partition coefficient (Wildman–Crippen LogP) is 2.27. The fraction of sp³-hybridized carbons (Fsp3) is 0.556. The molecule has 2 rings (SSSR count). The number of carboxylic acids is 1. The van der Waals surface area contributed by atoms with Crippen LogP contribution in [0.25, 0.3) is 0 Å². The molecule has 1 aliphatic rings. The number of carbonyl (C=O) groups is 2. The number of hydrogen-bond acceptors (Lipinski definition) is 3. The summed E-state index contributed by atoms with van der Waals surface area (Å²) in [6, 6.07) is 10.4. The molecule has 2 N–H and O–H groups in total. The van der Waals surface area contributed by atoms with Crippen LogP contribution in [0.3, 0.4) is 0 Å². The van der Waals surface area contributed by atoms with Crippen LogP contribution in [0.4, 0.5) is 0 Å². The molecule has 1 heterocycles. The van der Waals surface area contributed by atoms with Crippen molar-refractivity contribution in [3.63, 3.8) is 0 Å². The molecule has 1 fully saturated rings. The van der Waals surface area contributed by atoms with Crippen molar-refractivity contribution in [3.8, 4) is 0 Å². The summed E-state index contributed by atoms with van der Waals surface area (Å²) >= 11 is 0. The van der Waals surface area contributed by atoms with Gasteiger partial charge in [0.05, 0.1) is 0 Å². The molecule has 0 radical (unpaired) electrons. The highest BCUT2D eigenvalue weighted by Crippen LogP contribution is 2.22. The van der Waals surface area contributed by atoms with E-state index in [1.807, 2.05) is 30.0 Å². The molecule has 0 aliphatic carbocycles. The van der Waals surface area contributed by atoms with Crippen molar-refractivity contribution < 1.29 is 14.7 Å². The third-order valence-corrected chi connectivity index (χ3v) is 4.40. The molecule has 5 nitrogen and oxygen atoms in total. The summed E-state index contributed by atoms with van der Waals surface area (Å²) in [5.41, 5.74) is 1.22. The van der Waals surface area contributed by atoms with E-state index in [0.29, 0.717) is 25.9 Å². The number of piperidine rings is 1. The van der Waals surface area contributed by atoms with Crippen LogP contribution >= 0.6 is 0 Å². The van der Waals surface area contributed by atoms with E-state index in [0.717, 1.165) is 13.0 Å². The Morgan fingerprint density at radius 1 is 1.26 bits per heavy atom. The second-order valence-electron chi connectivity index (χ2n) is 6.25. The van der Waals surface area contributed by atoms with Gasteiger partial charge in [0.25, 0.3) is 0 Å². The van der Waals surface area contributed by atoms with Crippen LogP contribution in [0.5, 0.6) is 0 Å². The minimum Gasteiger partial charge on any atom is -0.481 e. The monoisotopic (exact) mass is 318 g/mol. The Morgan fingerprint density at radius 3 is 2.65 bits per heavy atom. The number of carboxylic acid groups (broad SMARTS) is 1. The molecule has 5 heteroatoms. The zero-order valence-corrected chi connectivity index (χ0v) is 13.7. The van der Waals surface area contributed by atoms with E-state index >= 15 is 0 Å². The van der Waals surface area contributed by atoms with Gasteiger partial charge in [-0.05, 0) is 24.3 Å². The van der Waals surface area contributed by atoms with Gasteiger partial charge in [0.1, 0.15) is 0 Å². The summed E-state index contributed by atoms with van der Waals surface area (Å²) in [7, 11) is 0. The SMILES string of the molecule is CCC(=O)N1CC(CCC(=O)O)CC(NCc2ccccc2)C1. The van der Waals surface area contributed by atoms with Crippen molar-refractivity contribution in [2.45, 2.75) is 45.2 Å². The van der Waals surface area contributed by atoms with Crippen LogP contribution in [-0.2, 0) is 16.1 Å². The molecule has 2 unspecified atom stereocenters. The summed E-state index contributed by atoms with van der Waals surface area (Å²) in [6.45, 7) is 4.04. The van der Waals surface area contributed by atoms with Gasteiger partial charge in [-0.1, -0.05) is 37.3 Å². The number of carbonyl (C=O) groups excluding carboxylic acids is 1. The minimum atomic E-state index is -0.766. The number of benzene rings is 1. The fourth-order valence-corrected chi connectivity index (χ4v) is 3.17. The number of rotatable bonds is 7. The van der Waals surface area contributed by atoms with Crippen LogP contribution in [0, 0.1) is 5.92 Å². The molecule has 23 heavy (non-hydrogen) atoms. The smallest absolute Gasteiger partial charge is 0.303 e. The van der Waals surface area contributed by atoms with E-state index in [2.05, 4.69) is 17.4 Å². The van der Waals surface area contributed by atoms with E-state index < -0.39 is 5.97 Å². The van der Waals surface area contributed by atoms with E-state index in [-0.39, 0.29) is 24.3 Å². The number of hydrogen-bond donors (Lipinski definition) is 2. The number of aliphatic carboxylic acids is 1. The van der Waals surface area contributed by atoms with Gasteiger partial charge in [-0.25, -0.2) is 0 Å². The largest absolute Gasteiger partial charge is 0.481 e. The van der Waals surface area contributed by atoms with Crippen molar-refractivity contribution >= 4 is 11.9 Å². The molecular formula is C18H26N2O3. The van der Waals surface area contributed by atoms with Crippen molar-refractivity contribution in [3.05, 3.63) is 35.9 Å². The number of nitrogens with zero attached hydrogens (tertiary/aromatic N) is 1. The lowest BCUT2D eigenvalue weighted by atomic mass is 9.90. The summed E-state index contributed by atoms with van der Waals surface area (Å²) in [6.07, 6.45) is 2.22. The van der Waals surface area contributed by atoms with Gasteiger partial charge in [-0.2, -0.15) is 0 Å². The molecule has 0 aromatic heterocycles. The minimum absolute atomic E-state index is 0.150. The van der Waals surface area contributed by atoms with Gasteiger partial charge >= 0.3 is 5.97 Å². The summed E-state index contributed by atoms with van der Waals surface area (Å²) in [5, 5.41) is 12.4. The molecule has 0 spiro atoms. The van der Waals surface area contributed by atoms with E-state index in [1.165, 1.54) is 5.56 Å². The molecule has 1 aromatic carbocycles. The highest BCUT2D eigenvalue weighted by Gasteiger charge is 2.29. The average molecular weight is 318 g/mol. The van der Waals surface area contributed by atoms with Crippen molar-refractivity contribution in [1.82, 2.24) is 10.2 Å². The second kappa shape index (κ2) is 8.67. The van der Waals surface area contributed by atoms with Crippen LogP contribution in [0.2, 0.25) is 0 Å². The third kappa shape index (κ3) is 5.67. The van der Waals surface area contributed by atoms with Crippen LogP contribution in [-0.4, -0.2) is 41.0 Å². The number of amides is 1. The number of nitrogens with one attached hydrogen (secondary N) is 1. The standard InChI is InChI=1S/C18H26N2O3/c1-2-17(21)20-12-15(8-9-18(22)23)10-16(13-20)19-11-14-6-4-3-5-7-14/h3-7,15-16,19H,2,8-13H2,1H3,(H,22,23). The molecule has 1 aromatic rings. The Labute approximate surface area is 137 Å². The Hall–Kier alpha value is -1.88. The van der Waals surface area contributed by atoms with Gasteiger partial charge in [0.2, 0.25) is 5.91 Å². The third-order valence-electron chi connectivity index (χ3n) is 4.40.